The van der Waals surface area contributed by atoms with Gasteiger partial charge in [-0.2, -0.15) is 5.10 Å². The van der Waals surface area contributed by atoms with Gasteiger partial charge < -0.3 is 14.6 Å². The molecule has 3 rings (SSSR count). The van der Waals surface area contributed by atoms with Crippen molar-refractivity contribution in [2.75, 3.05) is 13.2 Å². The third kappa shape index (κ3) is 3.89. The summed E-state index contributed by atoms with van der Waals surface area (Å²) < 4.78 is 21.4. The minimum absolute atomic E-state index is 0.101. The first-order valence-electron chi connectivity index (χ1n) is 8.29. The van der Waals surface area contributed by atoms with E-state index in [1.807, 2.05) is 18.4 Å². The Hall–Kier alpha value is -2.22. The molecule has 1 aromatic carbocycles. The summed E-state index contributed by atoms with van der Waals surface area (Å²) in [4.78, 5) is 12.4. The van der Waals surface area contributed by atoms with Crippen molar-refractivity contribution in [2.45, 2.75) is 32.7 Å². The Morgan fingerprint density at radius 2 is 2.36 bits per heavy atom. The smallest absolute Gasteiger partial charge is 0.226 e. The van der Waals surface area contributed by atoms with Gasteiger partial charge in [-0.1, -0.05) is 13.8 Å². The number of carbonyl (C=O) groups is 1. The Labute approximate surface area is 150 Å². The Kier molecular flexibility index (Phi) is 5.17. The number of benzene rings is 1. The molecule has 1 aliphatic heterocycles. The summed E-state index contributed by atoms with van der Waals surface area (Å²) >= 11 is 5.23. The van der Waals surface area contributed by atoms with Crippen molar-refractivity contribution in [1.82, 2.24) is 20.1 Å². The quantitative estimate of drug-likeness (QED) is 0.800. The van der Waals surface area contributed by atoms with E-state index in [1.165, 1.54) is 12.1 Å². The maximum Gasteiger partial charge on any atom is 0.226 e. The molecule has 25 heavy (non-hydrogen) atoms. The van der Waals surface area contributed by atoms with E-state index < -0.39 is 0 Å². The number of ether oxygens (including phenoxy) is 1. The predicted octanol–water partition coefficient (Wildman–Crippen LogP) is 2.57. The molecule has 1 atom stereocenters. The van der Waals surface area contributed by atoms with Crippen LogP contribution in [0.15, 0.2) is 18.2 Å². The van der Waals surface area contributed by atoms with Gasteiger partial charge in [0.25, 0.3) is 0 Å². The maximum absolute atomic E-state index is 13.3. The lowest BCUT2D eigenvalue weighted by Crippen LogP contribution is -2.38. The standard InChI is InChI=1S/C17H21FN4O2S/c1-10(2)15-20-21-17(25)22(15)6-5-19-16(23)12-7-11-8-13(18)3-4-14(11)24-9-12/h3-4,8,10,12H,5-7,9H2,1-2H3,(H,19,23)(H,21,25)/t12-/m1/s1. The van der Waals surface area contributed by atoms with Crippen molar-refractivity contribution in [1.29, 1.82) is 0 Å². The summed E-state index contributed by atoms with van der Waals surface area (Å²) in [6, 6.07) is 4.39. The fourth-order valence-corrected chi connectivity index (χ4v) is 3.18. The second-order valence-electron chi connectivity index (χ2n) is 6.45. The van der Waals surface area contributed by atoms with E-state index in [4.69, 9.17) is 17.0 Å². The number of carbonyl (C=O) groups excluding carboxylic acids is 1. The van der Waals surface area contributed by atoms with Gasteiger partial charge in [0.2, 0.25) is 5.91 Å². The molecule has 6 nitrogen and oxygen atoms in total. The number of aromatic nitrogens is 3. The van der Waals surface area contributed by atoms with Crippen LogP contribution in [0, 0.1) is 16.5 Å². The van der Waals surface area contributed by atoms with E-state index in [0.29, 0.717) is 36.6 Å². The molecule has 1 aliphatic rings. The molecule has 0 saturated carbocycles. The summed E-state index contributed by atoms with van der Waals surface area (Å²) in [5, 5.41) is 9.91. The molecule has 0 spiro atoms. The van der Waals surface area contributed by atoms with Crippen LogP contribution in [0.5, 0.6) is 5.75 Å². The summed E-state index contributed by atoms with van der Waals surface area (Å²) in [7, 11) is 0. The van der Waals surface area contributed by atoms with Gasteiger partial charge in [-0.15, -0.1) is 0 Å². The molecule has 0 aliphatic carbocycles. The highest BCUT2D eigenvalue weighted by Gasteiger charge is 2.26. The molecule has 2 heterocycles. The van der Waals surface area contributed by atoms with E-state index in [9.17, 15) is 9.18 Å². The molecule has 0 bridgehead atoms. The summed E-state index contributed by atoms with van der Waals surface area (Å²) in [5.74, 6) is 1.01. The van der Waals surface area contributed by atoms with Crippen molar-refractivity contribution in [3.05, 3.63) is 40.2 Å². The van der Waals surface area contributed by atoms with E-state index in [2.05, 4.69) is 15.5 Å². The first kappa shape index (κ1) is 17.6. The van der Waals surface area contributed by atoms with Crippen LogP contribution in [0.1, 0.15) is 31.2 Å². The third-order valence-electron chi connectivity index (χ3n) is 4.24. The minimum atomic E-state index is -0.323. The van der Waals surface area contributed by atoms with Crippen molar-refractivity contribution in [3.8, 4) is 5.75 Å². The van der Waals surface area contributed by atoms with Gasteiger partial charge in [-0.3, -0.25) is 9.89 Å². The molecule has 134 valence electrons. The molecular formula is C17H21FN4O2S. The van der Waals surface area contributed by atoms with Crippen LogP contribution < -0.4 is 10.1 Å². The van der Waals surface area contributed by atoms with E-state index >= 15 is 0 Å². The normalized spacial score (nSPS) is 16.4. The average Bonchev–Trinajstić information content (AvgIpc) is 2.95. The number of nitrogens with one attached hydrogen (secondary N) is 2. The van der Waals surface area contributed by atoms with Gasteiger partial charge in [0, 0.05) is 19.0 Å². The van der Waals surface area contributed by atoms with Gasteiger partial charge in [-0.25, -0.2) is 4.39 Å². The largest absolute Gasteiger partial charge is 0.492 e. The number of hydrogen-bond acceptors (Lipinski definition) is 4. The van der Waals surface area contributed by atoms with Crippen LogP contribution in [-0.2, 0) is 17.8 Å². The van der Waals surface area contributed by atoms with E-state index in [-0.39, 0.29) is 23.6 Å². The van der Waals surface area contributed by atoms with Crippen LogP contribution in [-0.4, -0.2) is 33.8 Å². The predicted molar refractivity (Wildman–Crippen MR) is 93.6 cm³/mol. The monoisotopic (exact) mass is 364 g/mol. The molecule has 0 saturated heterocycles. The fraction of sp³-hybridized carbons (Fsp3) is 0.471. The second-order valence-corrected chi connectivity index (χ2v) is 6.84. The molecule has 0 unspecified atom stereocenters. The lowest BCUT2D eigenvalue weighted by molar-refractivity contribution is -0.126. The second kappa shape index (κ2) is 7.35. The zero-order valence-electron chi connectivity index (χ0n) is 14.2. The number of fused-ring (bicyclic) bond motifs is 1. The van der Waals surface area contributed by atoms with Crippen LogP contribution in [0.4, 0.5) is 4.39 Å². The highest BCUT2D eigenvalue weighted by Crippen LogP contribution is 2.27. The summed E-state index contributed by atoms with van der Waals surface area (Å²) in [6.45, 7) is 5.37. The maximum atomic E-state index is 13.3. The zero-order valence-corrected chi connectivity index (χ0v) is 15.0. The zero-order chi connectivity index (χ0) is 18.0. The van der Waals surface area contributed by atoms with Gasteiger partial charge >= 0.3 is 0 Å². The van der Waals surface area contributed by atoms with Crippen LogP contribution in [0.3, 0.4) is 0 Å². The van der Waals surface area contributed by atoms with E-state index in [0.717, 1.165) is 11.4 Å². The highest BCUT2D eigenvalue weighted by atomic mass is 32.1. The first-order chi connectivity index (χ1) is 12.0. The van der Waals surface area contributed by atoms with Gasteiger partial charge in [0.15, 0.2) is 4.77 Å². The molecular weight excluding hydrogens is 343 g/mol. The number of hydrogen-bond donors (Lipinski definition) is 2. The molecule has 0 fully saturated rings. The number of amides is 1. The van der Waals surface area contributed by atoms with Crippen molar-refractivity contribution >= 4 is 18.1 Å². The molecule has 2 aromatic rings. The van der Waals surface area contributed by atoms with Gasteiger partial charge in [0.1, 0.15) is 24.0 Å². The number of nitrogens with zero attached hydrogens (tertiary/aromatic N) is 2. The van der Waals surface area contributed by atoms with Gasteiger partial charge in [0.05, 0.1) is 5.92 Å². The number of rotatable bonds is 5. The van der Waals surface area contributed by atoms with Crippen molar-refractivity contribution < 1.29 is 13.9 Å². The first-order valence-corrected chi connectivity index (χ1v) is 8.70. The molecule has 8 heteroatoms. The SMILES string of the molecule is CC(C)c1n[nH]c(=S)n1CCNC(=O)[C@H]1COc2ccc(F)cc2C1. The average molecular weight is 364 g/mol. The van der Waals surface area contributed by atoms with Crippen LogP contribution in [0.2, 0.25) is 0 Å². The fourth-order valence-electron chi connectivity index (χ4n) is 2.95. The van der Waals surface area contributed by atoms with Crippen LogP contribution in [0.25, 0.3) is 0 Å². The summed E-state index contributed by atoms with van der Waals surface area (Å²) in [5.41, 5.74) is 0.727. The van der Waals surface area contributed by atoms with Crippen molar-refractivity contribution in [3.63, 3.8) is 0 Å². The lowest BCUT2D eigenvalue weighted by Gasteiger charge is -2.24. The molecule has 1 amide bonds. The van der Waals surface area contributed by atoms with E-state index in [1.54, 1.807) is 6.07 Å². The Bertz CT molecular complexity index is 830. The van der Waals surface area contributed by atoms with Gasteiger partial charge in [-0.05, 0) is 42.4 Å². The Balaban J connectivity index is 1.57. The number of H-pyrrole nitrogens is 1. The molecule has 0 radical (unpaired) electrons. The number of halogens is 1. The minimum Gasteiger partial charge on any atom is -0.492 e. The summed E-state index contributed by atoms with van der Waals surface area (Å²) in [6.07, 6.45) is 0.474. The van der Waals surface area contributed by atoms with Crippen molar-refractivity contribution in [2.24, 2.45) is 5.92 Å². The lowest BCUT2D eigenvalue weighted by atomic mass is 9.96. The highest BCUT2D eigenvalue weighted by molar-refractivity contribution is 7.71. The third-order valence-corrected chi connectivity index (χ3v) is 4.55. The topological polar surface area (TPSA) is 71.9 Å². The Morgan fingerprint density at radius 3 is 3.12 bits per heavy atom. The molecule has 2 N–H and O–H groups in total. The van der Waals surface area contributed by atoms with Crippen LogP contribution >= 0.6 is 12.2 Å². The number of aromatic amines is 1. The Morgan fingerprint density at radius 1 is 1.56 bits per heavy atom. The molecule has 1 aromatic heterocycles.